The van der Waals surface area contributed by atoms with Crippen molar-refractivity contribution in [2.24, 2.45) is 21.7 Å². The van der Waals surface area contributed by atoms with Gasteiger partial charge < -0.3 is 11.5 Å². The smallest absolute Gasteiger partial charge is 0.372 e. The molecule has 0 spiro atoms. The maximum absolute atomic E-state index is 10.5. The quantitative estimate of drug-likeness (QED) is 0.165. The van der Waals surface area contributed by atoms with Crippen molar-refractivity contribution in [3.05, 3.63) is 35.9 Å². The van der Waals surface area contributed by atoms with E-state index in [-0.39, 0.29) is 36.5 Å². The monoisotopic (exact) mass is 408 g/mol. The summed E-state index contributed by atoms with van der Waals surface area (Å²) >= 11 is 0. The molecule has 0 saturated heterocycles. The second-order valence-electron chi connectivity index (χ2n) is 5.89. The summed E-state index contributed by atoms with van der Waals surface area (Å²) in [5.41, 5.74) is 9.30. The minimum absolute atomic E-state index is 0. The van der Waals surface area contributed by atoms with Crippen molar-refractivity contribution >= 4 is 42.5 Å². The molecule has 0 unspecified atom stereocenters. The molecule has 0 atom stereocenters. The van der Waals surface area contributed by atoms with Crippen LogP contribution >= 0.6 is 24.8 Å². The first-order valence-electron chi connectivity index (χ1n) is 6.98. The topological polar surface area (TPSA) is 171 Å². The van der Waals surface area contributed by atoms with Crippen LogP contribution in [0.25, 0.3) is 0 Å². The normalized spacial score (nSPS) is 10.5. The SMILES string of the molecule is CC(C)(N=NC(C)(C)C(=N)N)C(=N)N.Cl.Cl.O=C(OO)c1ccccc1. The van der Waals surface area contributed by atoms with E-state index < -0.39 is 17.0 Å². The Balaban J connectivity index is -0.000000393. The summed E-state index contributed by atoms with van der Waals surface area (Å²) in [7, 11) is 0. The minimum atomic E-state index is -0.841. The molecule has 0 bridgehead atoms. The number of benzene rings is 1. The molecule has 0 radical (unpaired) electrons. The number of carbonyl (C=O) groups excluding carboxylic acids is 1. The zero-order valence-corrected chi connectivity index (χ0v) is 16.6. The molecule has 148 valence electrons. The highest BCUT2D eigenvalue weighted by atomic mass is 35.5. The Morgan fingerprint density at radius 3 is 1.58 bits per heavy atom. The van der Waals surface area contributed by atoms with Crippen LogP contribution in [0.2, 0.25) is 0 Å². The van der Waals surface area contributed by atoms with Gasteiger partial charge in [-0.05, 0) is 39.8 Å². The molecule has 11 heteroatoms. The second kappa shape index (κ2) is 12.2. The number of nitrogens with zero attached hydrogens (tertiary/aromatic N) is 2. The Morgan fingerprint density at radius 2 is 1.31 bits per heavy atom. The van der Waals surface area contributed by atoms with Crippen LogP contribution in [0, 0.1) is 10.8 Å². The van der Waals surface area contributed by atoms with Crippen molar-refractivity contribution in [2.75, 3.05) is 0 Å². The second-order valence-corrected chi connectivity index (χ2v) is 5.89. The third-order valence-electron chi connectivity index (χ3n) is 2.96. The van der Waals surface area contributed by atoms with E-state index >= 15 is 0 Å². The number of amidine groups is 2. The van der Waals surface area contributed by atoms with E-state index in [1.54, 1.807) is 58.0 Å². The summed E-state index contributed by atoms with van der Waals surface area (Å²) in [6.45, 7) is 6.70. The Kier molecular flexibility index (Phi) is 13.4. The molecule has 0 saturated carbocycles. The van der Waals surface area contributed by atoms with Crippen molar-refractivity contribution in [1.29, 1.82) is 10.8 Å². The van der Waals surface area contributed by atoms with Crippen LogP contribution < -0.4 is 11.5 Å². The molecule has 1 aromatic carbocycles. The van der Waals surface area contributed by atoms with E-state index in [1.165, 1.54) is 0 Å². The van der Waals surface area contributed by atoms with E-state index in [0.717, 1.165) is 0 Å². The van der Waals surface area contributed by atoms with Gasteiger partial charge in [0.25, 0.3) is 0 Å². The molecule has 0 aliphatic carbocycles. The molecule has 0 aromatic heterocycles. The fourth-order valence-corrected chi connectivity index (χ4v) is 0.985. The van der Waals surface area contributed by atoms with Crippen LogP contribution in [0.3, 0.4) is 0 Å². The van der Waals surface area contributed by atoms with Gasteiger partial charge in [-0.3, -0.25) is 15.7 Å². The lowest BCUT2D eigenvalue weighted by atomic mass is 10.1. The third-order valence-corrected chi connectivity index (χ3v) is 2.96. The third kappa shape index (κ3) is 9.92. The van der Waals surface area contributed by atoms with Crippen molar-refractivity contribution in [3.8, 4) is 0 Å². The highest BCUT2D eigenvalue weighted by molar-refractivity contribution is 5.89. The van der Waals surface area contributed by atoms with Gasteiger partial charge in [0.1, 0.15) is 22.7 Å². The zero-order valence-electron chi connectivity index (χ0n) is 15.0. The molecular weight excluding hydrogens is 383 g/mol. The molecule has 1 rings (SSSR count). The van der Waals surface area contributed by atoms with Gasteiger partial charge in [0.2, 0.25) is 0 Å². The summed E-state index contributed by atoms with van der Waals surface area (Å²) in [4.78, 5) is 14.0. The van der Waals surface area contributed by atoms with Crippen LogP contribution in [0.1, 0.15) is 38.1 Å². The maximum Gasteiger partial charge on any atom is 0.372 e. The van der Waals surface area contributed by atoms with Gasteiger partial charge in [-0.2, -0.15) is 15.5 Å². The van der Waals surface area contributed by atoms with Gasteiger partial charge in [0, 0.05) is 0 Å². The number of rotatable bonds is 5. The van der Waals surface area contributed by atoms with Crippen LogP contribution in [-0.4, -0.2) is 34.0 Å². The molecule has 7 N–H and O–H groups in total. The number of hydrogen-bond acceptors (Lipinski definition) is 7. The number of nitrogens with one attached hydrogen (secondary N) is 2. The number of azo groups is 1. The summed E-state index contributed by atoms with van der Waals surface area (Å²) < 4.78 is 0. The Labute approximate surface area is 165 Å². The van der Waals surface area contributed by atoms with E-state index in [0.29, 0.717) is 5.56 Å². The predicted molar refractivity (Wildman–Crippen MR) is 106 cm³/mol. The molecule has 0 fully saturated rings. The Hall–Kier alpha value is -2.23. The van der Waals surface area contributed by atoms with Gasteiger partial charge in [-0.15, -0.1) is 24.8 Å². The van der Waals surface area contributed by atoms with E-state index in [9.17, 15) is 4.79 Å². The van der Waals surface area contributed by atoms with Gasteiger partial charge in [-0.25, -0.2) is 4.79 Å². The number of hydrogen-bond donors (Lipinski definition) is 5. The molecule has 0 aliphatic heterocycles. The standard InChI is InChI=1S/C8H18N6.C7H6O3.2ClH/c1-7(2,5(9)10)13-14-8(3,4)6(11)12;8-7(10-9)6-4-2-1-3-5-6;;/h1-4H3,(H3,9,10)(H3,11,12);1-5,9H;2*1H. The van der Waals surface area contributed by atoms with E-state index in [4.69, 9.17) is 27.5 Å². The number of carbonyl (C=O) groups is 1. The number of nitrogens with two attached hydrogens (primary N) is 2. The highest BCUT2D eigenvalue weighted by Crippen LogP contribution is 2.15. The summed E-state index contributed by atoms with van der Waals surface area (Å²) in [6.07, 6.45) is 0. The largest absolute Gasteiger partial charge is 0.386 e. The maximum atomic E-state index is 10.5. The minimum Gasteiger partial charge on any atom is -0.386 e. The first-order valence-corrected chi connectivity index (χ1v) is 6.98. The Bertz CT molecular complexity index is 593. The van der Waals surface area contributed by atoms with E-state index in [1.807, 2.05) is 0 Å². The lowest BCUT2D eigenvalue weighted by Gasteiger charge is -2.20. The van der Waals surface area contributed by atoms with Crippen LogP contribution in [0.15, 0.2) is 40.6 Å². The van der Waals surface area contributed by atoms with Crippen molar-refractivity contribution < 1.29 is 14.9 Å². The first-order chi connectivity index (χ1) is 10.9. The predicted octanol–water partition coefficient (Wildman–Crippen LogP) is 3.03. The van der Waals surface area contributed by atoms with Crippen molar-refractivity contribution in [3.63, 3.8) is 0 Å². The molecule has 0 aliphatic rings. The Morgan fingerprint density at radius 1 is 0.962 bits per heavy atom. The molecule has 26 heavy (non-hydrogen) atoms. The average Bonchev–Trinajstić information content (AvgIpc) is 2.53. The number of halogens is 2. The van der Waals surface area contributed by atoms with Crippen molar-refractivity contribution in [2.45, 2.75) is 38.8 Å². The van der Waals surface area contributed by atoms with Crippen LogP contribution in [0.5, 0.6) is 0 Å². The van der Waals surface area contributed by atoms with Gasteiger partial charge in [0.05, 0.1) is 5.56 Å². The van der Waals surface area contributed by atoms with Gasteiger partial charge >= 0.3 is 5.97 Å². The first kappa shape index (κ1) is 28.6. The van der Waals surface area contributed by atoms with Gasteiger partial charge in [-0.1, -0.05) is 18.2 Å². The molecular formula is C15H26Cl2N6O3. The van der Waals surface area contributed by atoms with Gasteiger partial charge in [0.15, 0.2) is 0 Å². The zero-order chi connectivity index (χ0) is 19.0. The summed E-state index contributed by atoms with van der Waals surface area (Å²) in [5, 5.41) is 30.2. The molecule has 1 aromatic rings. The fraction of sp³-hybridized carbons (Fsp3) is 0.400. The average molecular weight is 409 g/mol. The summed E-state index contributed by atoms with van der Waals surface area (Å²) in [6, 6.07) is 8.25. The summed E-state index contributed by atoms with van der Waals surface area (Å²) in [5.74, 6) is -0.873. The molecule has 9 nitrogen and oxygen atoms in total. The lowest BCUT2D eigenvalue weighted by Crippen LogP contribution is -2.38. The fourth-order valence-electron chi connectivity index (χ4n) is 0.985. The lowest BCUT2D eigenvalue weighted by molar-refractivity contribution is -0.182. The van der Waals surface area contributed by atoms with Crippen LogP contribution in [0.4, 0.5) is 0 Å². The van der Waals surface area contributed by atoms with Crippen LogP contribution in [-0.2, 0) is 4.89 Å². The molecule has 0 amide bonds. The molecule has 0 heterocycles. The van der Waals surface area contributed by atoms with E-state index in [2.05, 4.69) is 15.1 Å². The highest BCUT2D eigenvalue weighted by Gasteiger charge is 2.25. The van der Waals surface area contributed by atoms with Crippen molar-refractivity contribution in [1.82, 2.24) is 0 Å².